The molecule has 2 rings (SSSR count). The average molecular weight is 271 g/mol. The lowest BCUT2D eigenvalue weighted by Crippen LogP contribution is -2.40. The Kier molecular flexibility index (Phi) is 4.78. The fourth-order valence-electron chi connectivity index (χ4n) is 2.88. The molecule has 2 atom stereocenters. The third-order valence-corrected chi connectivity index (χ3v) is 5.13. The molecule has 0 aromatic rings. The summed E-state index contributed by atoms with van der Waals surface area (Å²) in [7, 11) is 1.69. The van der Waals surface area contributed by atoms with Crippen molar-refractivity contribution in [3.8, 4) is 0 Å². The largest absolute Gasteiger partial charge is 0.383 e. The molecule has 0 aromatic heterocycles. The summed E-state index contributed by atoms with van der Waals surface area (Å²) in [6.45, 7) is 3.59. The van der Waals surface area contributed by atoms with Crippen LogP contribution in [0.25, 0.3) is 0 Å². The van der Waals surface area contributed by atoms with Crippen molar-refractivity contribution in [1.29, 1.82) is 0 Å². The monoisotopic (exact) mass is 271 g/mol. The number of aliphatic imine (C=N–C) groups is 1. The van der Waals surface area contributed by atoms with Gasteiger partial charge in [-0.3, -0.25) is 4.99 Å². The fraction of sp³-hybridized carbons (Fsp3) is 0.923. The molecule has 0 bridgehead atoms. The Bertz CT molecular complexity index is 303. The van der Waals surface area contributed by atoms with Crippen LogP contribution in [0.2, 0.25) is 0 Å². The molecule has 1 aliphatic carbocycles. The van der Waals surface area contributed by atoms with E-state index in [-0.39, 0.29) is 6.04 Å². The Hall–Kier alpha value is -0.420. The molecule has 0 aromatic carbocycles. The van der Waals surface area contributed by atoms with E-state index in [0.29, 0.717) is 18.0 Å². The Morgan fingerprint density at radius 2 is 2.28 bits per heavy atom. The number of nitrogens with one attached hydrogen (secondary N) is 1. The molecule has 2 aliphatic rings. The zero-order chi connectivity index (χ0) is 13.0. The van der Waals surface area contributed by atoms with E-state index in [1.54, 1.807) is 7.11 Å². The lowest BCUT2D eigenvalue weighted by molar-refractivity contribution is 0.179. The van der Waals surface area contributed by atoms with Crippen molar-refractivity contribution in [1.82, 2.24) is 5.32 Å². The highest BCUT2D eigenvalue weighted by Gasteiger charge is 2.53. The minimum absolute atomic E-state index is 0.220. The molecule has 18 heavy (non-hydrogen) atoms. The minimum atomic E-state index is 0.220. The van der Waals surface area contributed by atoms with Gasteiger partial charge in [-0.1, -0.05) is 0 Å². The SMILES string of the molecule is COCC(C)NC(N)=NCC1CC12CCSCC2. The third kappa shape index (κ3) is 3.54. The zero-order valence-corrected chi connectivity index (χ0v) is 12.3. The van der Waals surface area contributed by atoms with Crippen LogP contribution in [0, 0.1) is 11.3 Å². The van der Waals surface area contributed by atoms with Crippen LogP contribution < -0.4 is 11.1 Å². The van der Waals surface area contributed by atoms with Gasteiger partial charge in [0.2, 0.25) is 0 Å². The average Bonchev–Trinajstić information content (AvgIpc) is 3.00. The highest BCUT2D eigenvalue weighted by molar-refractivity contribution is 7.99. The highest BCUT2D eigenvalue weighted by Crippen LogP contribution is 2.60. The van der Waals surface area contributed by atoms with Crippen LogP contribution in [0.5, 0.6) is 0 Å². The third-order valence-electron chi connectivity index (χ3n) is 4.14. The van der Waals surface area contributed by atoms with Gasteiger partial charge in [-0.15, -0.1) is 0 Å². The number of hydrogen-bond donors (Lipinski definition) is 2. The minimum Gasteiger partial charge on any atom is -0.383 e. The van der Waals surface area contributed by atoms with E-state index >= 15 is 0 Å². The lowest BCUT2D eigenvalue weighted by Gasteiger charge is -2.21. The van der Waals surface area contributed by atoms with Crippen molar-refractivity contribution in [2.45, 2.75) is 32.2 Å². The van der Waals surface area contributed by atoms with E-state index in [4.69, 9.17) is 10.5 Å². The first-order valence-corrected chi connectivity index (χ1v) is 7.95. The van der Waals surface area contributed by atoms with Crippen LogP contribution in [0.3, 0.4) is 0 Å². The van der Waals surface area contributed by atoms with Gasteiger partial charge in [0.1, 0.15) is 0 Å². The summed E-state index contributed by atoms with van der Waals surface area (Å²) >= 11 is 2.09. The van der Waals surface area contributed by atoms with Gasteiger partial charge in [-0.25, -0.2) is 0 Å². The maximum Gasteiger partial charge on any atom is 0.188 e. The van der Waals surface area contributed by atoms with Crippen LogP contribution in [0.1, 0.15) is 26.2 Å². The summed E-state index contributed by atoms with van der Waals surface area (Å²) in [4.78, 5) is 4.48. The second-order valence-corrected chi connectivity index (χ2v) is 6.83. The molecule has 5 heteroatoms. The molecule has 0 amide bonds. The van der Waals surface area contributed by atoms with Crippen molar-refractivity contribution < 1.29 is 4.74 Å². The molecule has 1 saturated carbocycles. The normalized spacial score (nSPS) is 28.1. The zero-order valence-electron chi connectivity index (χ0n) is 11.4. The van der Waals surface area contributed by atoms with Gasteiger partial charge in [0.05, 0.1) is 6.61 Å². The maximum atomic E-state index is 5.88. The lowest BCUT2D eigenvalue weighted by atomic mass is 9.96. The van der Waals surface area contributed by atoms with Crippen LogP contribution >= 0.6 is 11.8 Å². The van der Waals surface area contributed by atoms with Crippen molar-refractivity contribution >= 4 is 17.7 Å². The van der Waals surface area contributed by atoms with Gasteiger partial charge in [-0.05, 0) is 49.0 Å². The smallest absolute Gasteiger partial charge is 0.188 e. The van der Waals surface area contributed by atoms with E-state index in [2.05, 4.69) is 22.1 Å². The van der Waals surface area contributed by atoms with Gasteiger partial charge >= 0.3 is 0 Å². The Balaban J connectivity index is 1.71. The number of nitrogens with two attached hydrogens (primary N) is 1. The van der Waals surface area contributed by atoms with Crippen molar-refractivity contribution in [3.63, 3.8) is 0 Å². The molecule has 2 unspecified atom stereocenters. The second-order valence-electron chi connectivity index (χ2n) is 5.60. The molecular formula is C13H25N3OS. The molecule has 3 N–H and O–H groups in total. The van der Waals surface area contributed by atoms with E-state index in [0.717, 1.165) is 12.5 Å². The standard InChI is InChI=1S/C13H25N3OS/c1-10(9-17-2)16-12(14)15-8-11-7-13(11)3-5-18-6-4-13/h10-11H,3-9H2,1-2H3,(H3,14,15,16). The van der Waals surface area contributed by atoms with E-state index in [9.17, 15) is 0 Å². The maximum absolute atomic E-state index is 5.88. The quantitative estimate of drug-likeness (QED) is 0.587. The summed E-state index contributed by atoms with van der Waals surface area (Å²) in [6.07, 6.45) is 4.12. The van der Waals surface area contributed by atoms with Crippen molar-refractivity contribution in [2.24, 2.45) is 22.1 Å². The number of hydrogen-bond acceptors (Lipinski definition) is 3. The summed E-state index contributed by atoms with van der Waals surface area (Å²) in [5, 5.41) is 3.15. The van der Waals surface area contributed by atoms with Crippen molar-refractivity contribution in [2.75, 3.05) is 31.8 Å². The van der Waals surface area contributed by atoms with Gasteiger partial charge < -0.3 is 15.8 Å². The predicted octanol–water partition coefficient (Wildman–Crippen LogP) is 1.46. The Labute approximate surface area is 114 Å². The summed E-state index contributed by atoms with van der Waals surface area (Å²) in [5.74, 6) is 4.00. The van der Waals surface area contributed by atoms with E-state index in [1.807, 2.05) is 6.92 Å². The van der Waals surface area contributed by atoms with Gasteiger partial charge in [0.25, 0.3) is 0 Å². The Morgan fingerprint density at radius 3 is 2.94 bits per heavy atom. The van der Waals surface area contributed by atoms with Crippen molar-refractivity contribution in [3.05, 3.63) is 0 Å². The van der Waals surface area contributed by atoms with E-state index in [1.165, 1.54) is 30.8 Å². The molecule has 1 heterocycles. The van der Waals surface area contributed by atoms with Gasteiger partial charge in [0, 0.05) is 19.7 Å². The number of ether oxygens (including phenoxy) is 1. The first-order valence-electron chi connectivity index (χ1n) is 6.79. The molecular weight excluding hydrogens is 246 g/mol. The first kappa shape index (κ1) is 14.0. The van der Waals surface area contributed by atoms with E-state index < -0.39 is 0 Å². The topological polar surface area (TPSA) is 59.6 Å². The van der Waals surface area contributed by atoms with Gasteiger partial charge in [0.15, 0.2) is 5.96 Å². The number of nitrogens with zero attached hydrogens (tertiary/aromatic N) is 1. The van der Waals surface area contributed by atoms with Crippen LogP contribution in [-0.2, 0) is 4.74 Å². The predicted molar refractivity (Wildman–Crippen MR) is 78.1 cm³/mol. The second kappa shape index (κ2) is 6.15. The van der Waals surface area contributed by atoms with Crippen LogP contribution in [0.15, 0.2) is 4.99 Å². The molecule has 1 saturated heterocycles. The summed E-state index contributed by atoms with van der Waals surface area (Å²) in [5.41, 5.74) is 6.51. The molecule has 0 radical (unpaired) electrons. The molecule has 104 valence electrons. The number of thioether (sulfide) groups is 1. The van der Waals surface area contributed by atoms with Crippen LogP contribution in [0.4, 0.5) is 0 Å². The number of guanidine groups is 1. The fourth-order valence-corrected chi connectivity index (χ4v) is 4.18. The number of rotatable bonds is 5. The van der Waals surface area contributed by atoms with Gasteiger partial charge in [-0.2, -0.15) is 11.8 Å². The summed E-state index contributed by atoms with van der Waals surface area (Å²) in [6, 6.07) is 0.220. The molecule has 2 fully saturated rings. The molecule has 1 spiro atoms. The van der Waals surface area contributed by atoms with Crippen LogP contribution in [-0.4, -0.2) is 43.8 Å². The summed E-state index contributed by atoms with van der Waals surface area (Å²) < 4.78 is 5.06. The molecule has 1 aliphatic heterocycles. The Morgan fingerprint density at radius 1 is 1.56 bits per heavy atom. The molecule has 4 nitrogen and oxygen atoms in total. The number of methoxy groups -OCH3 is 1. The highest BCUT2D eigenvalue weighted by atomic mass is 32.2. The first-order chi connectivity index (χ1) is 8.66.